The van der Waals surface area contributed by atoms with Crippen molar-refractivity contribution in [2.45, 2.75) is 26.3 Å². The van der Waals surface area contributed by atoms with Crippen LogP contribution in [0, 0.1) is 5.92 Å². The van der Waals surface area contributed by atoms with Crippen molar-refractivity contribution in [3.8, 4) is 5.75 Å². The number of rotatable bonds is 5. The Bertz CT molecular complexity index is 871. The molecule has 0 spiro atoms. The number of para-hydroxylation sites is 1. The van der Waals surface area contributed by atoms with Crippen LogP contribution in [0.15, 0.2) is 65.9 Å². The fourth-order valence-corrected chi connectivity index (χ4v) is 3.24. The van der Waals surface area contributed by atoms with E-state index >= 15 is 0 Å². The predicted octanol–water partition coefficient (Wildman–Crippen LogP) is 3.91. The minimum absolute atomic E-state index is 0.0324. The van der Waals surface area contributed by atoms with E-state index in [0.717, 1.165) is 0 Å². The Morgan fingerprint density at radius 3 is 2.38 bits per heavy atom. The van der Waals surface area contributed by atoms with Crippen molar-refractivity contribution in [2.24, 2.45) is 5.92 Å². The monoisotopic (exact) mass is 351 g/mol. The van der Waals surface area contributed by atoms with Gasteiger partial charge in [-0.15, -0.1) is 0 Å². The van der Waals surface area contributed by atoms with Crippen LogP contribution in [-0.4, -0.2) is 21.9 Å². The van der Waals surface area contributed by atoms with Gasteiger partial charge in [0.1, 0.15) is 5.75 Å². The molecule has 0 radical (unpaired) electrons. The molecule has 2 aromatic rings. The van der Waals surface area contributed by atoms with Crippen LogP contribution >= 0.6 is 0 Å². The van der Waals surface area contributed by atoms with E-state index in [1.54, 1.807) is 36.4 Å². The van der Waals surface area contributed by atoms with Gasteiger partial charge in [0.25, 0.3) is 5.91 Å². The number of aromatic hydroxyl groups is 1. The number of ketones is 1. The molecule has 2 aromatic carbocycles. The lowest BCUT2D eigenvalue weighted by Gasteiger charge is -2.27. The zero-order valence-electron chi connectivity index (χ0n) is 14.7. The van der Waals surface area contributed by atoms with Crippen LogP contribution in [0.4, 0.5) is 5.69 Å². The van der Waals surface area contributed by atoms with Crippen molar-refractivity contribution in [1.82, 2.24) is 0 Å². The van der Waals surface area contributed by atoms with Crippen molar-refractivity contribution < 1.29 is 19.8 Å². The molecule has 1 unspecified atom stereocenters. The van der Waals surface area contributed by atoms with Gasteiger partial charge in [-0.3, -0.25) is 14.5 Å². The van der Waals surface area contributed by atoms with Gasteiger partial charge in [-0.1, -0.05) is 44.2 Å². The molecule has 1 heterocycles. The highest BCUT2D eigenvalue weighted by Gasteiger charge is 2.44. The van der Waals surface area contributed by atoms with Crippen molar-refractivity contribution in [3.05, 3.63) is 71.5 Å². The van der Waals surface area contributed by atoms with E-state index < -0.39 is 17.7 Å². The topological polar surface area (TPSA) is 77.8 Å². The SMILES string of the molecule is CC(C)CC(=O)C1=C(O)C(=O)N(c2ccccc2)C1c1cccc(O)c1. The van der Waals surface area contributed by atoms with Crippen molar-refractivity contribution >= 4 is 17.4 Å². The van der Waals surface area contributed by atoms with Gasteiger partial charge in [0.05, 0.1) is 11.6 Å². The molecule has 3 rings (SSSR count). The van der Waals surface area contributed by atoms with Gasteiger partial charge < -0.3 is 10.2 Å². The third-order valence-corrected chi connectivity index (χ3v) is 4.32. The first-order valence-electron chi connectivity index (χ1n) is 8.54. The average Bonchev–Trinajstić information content (AvgIpc) is 2.87. The van der Waals surface area contributed by atoms with Gasteiger partial charge in [-0.05, 0) is 35.7 Å². The zero-order chi connectivity index (χ0) is 18.8. The lowest BCUT2D eigenvalue weighted by atomic mass is 9.92. The fourth-order valence-electron chi connectivity index (χ4n) is 3.24. The minimum Gasteiger partial charge on any atom is -0.508 e. The number of benzene rings is 2. The molecule has 1 aliphatic rings. The third kappa shape index (κ3) is 3.20. The first kappa shape index (κ1) is 17.7. The molecule has 2 N–H and O–H groups in total. The summed E-state index contributed by atoms with van der Waals surface area (Å²) >= 11 is 0. The van der Waals surface area contributed by atoms with Crippen LogP contribution in [0.5, 0.6) is 5.75 Å². The second-order valence-corrected chi connectivity index (χ2v) is 6.79. The Balaban J connectivity index is 2.15. The van der Waals surface area contributed by atoms with Gasteiger partial charge in [0.15, 0.2) is 11.5 Å². The molecule has 134 valence electrons. The number of carbonyl (C=O) groups is 2. The van der Waals surface area contributed by atoms with Gasteiger partial charge in [0, 0.05) is 12.1 Å². The molecule has 1 atom stereocenters. The number of hydrogen-bond donors (Lipinski definition) is 2. The second kappa shape index (κ2) is 7.04. The van der Waals surface area contributed by atoms with Crippen LogP contribution in [0.3, 0.4) is 0 Å². The van der Waals surface area contributed by atoms with E-state index in [4.69, 9.17) is 0 Å². The Hall–Kier alpha value is -3.08. The number of aliphatic hydroxyl groups excluding tert-OH is 1. The van der Waals surface area contributed by atoms with E-state index in [2.05, 4.69) is 0 Å². The number of aliphatic hydroxyl groups is 1. The van der Waals surface area contributed by atoms with Gasteiger partial charge in [0.2, 0.25) is 0 Å². The van der Waals surface area contributed by atoms with Crippen molar-refractivity contribution in [2.75, 3.05) is 4.90 Å². The quantitative estimate of drug-likeness (QED) is 0.856. The Morgan fingerprint density at radius 2 is 1.77 bits per heavy atom. The highest BCUT2D eigenvalue weighted by molar-refractivity contribution is 6.16. The smallest absolute Gasteiger partial charge is 0.294 e. The van der Waals surface area contributed by atoms with Gasteiger partial charge in [-0.2, -0.15) is 0 Å². The van der Waals surface area contributed by atoms with E-state index in [1.807, 2.05) is 19.9 Å². The third-order valence-electron chi connectivity index (χ3n) is 4.32. The van der Waals surface area contributed by atoms with Gasteiger partial charge >= 0.3 is 0 Å². The Morgan fingerprint density at radius 1 is 1.08 bits per heavy atom. The predicted molar refractivity (Wildman–Crippen MR) is 98.9 cm³/mol. The second-order valence-electron chi connectivity index (χ2n) is 6.79. The summed E-state index contributed by atoms with van der Waals surface area (Å²) in [7, 11) is 0. The highest BCUT2D eigenvalue weighted by Crippen LogP contribution is 2.42. The molecule has 0 fully saturated rings. The number of carbonyl (C=O) groups excluding carboxylic acids is 2. The molecule has 0 saturated carbocycles. The Kier molecular flexibility index (Phi) is 4.80. The minimum atomic E-state index is -0.775. The number of phenolic OH excluding ortho intramolecular Hbond substituents is 1. The fraction of sp³-hybridized carbons (Fsp3) is 0.238. The summed E-state index contributed by atoms with van der Waals surface area (Å²) in [6.45, 7) is 3.81. The van der Waals surface area contributed by atoms with Crippen LogP contribution < -0.4 is 4.90 Å². The molecular formula is C21H21NO4. The molecular weight excluding hydrogens is 330 g/mol. The van der Waals surface area contributed by atoms with E-state index in [-0.39, 0.29) is 29.4 Å². The molecule has 0 bridgehead atoms. The maximum Gasteiger partial charge on any atom is 0.294 e. The number of hydrogen-bond acceptors (Lipinski definition) is 4. The largest absolute Gasteiger partial charge is 0.508 e. The number of Topliss-reactive ketones (excluding diaryl/α,β-unsaturated/α-hetero) is 1. The molecule has 5 heteroatoms. The maximum atomic E-state index is 12.8. The van der Waals surface area contributed by atoms with E-state index in [9.17, 15) is 19.8 Å². The average molecular weight is 351 g/mol. The lowest BCUT2D eigenvalue weighted by Crippen LogP contribution is -2.31. The Labute approximate surface area is 152 Å². The van der Waals surface area contributed by atoms with Crippen LogP contribution in [0.25, 0.3) is 0 Å². The summed E-state index contributed by atoms with van der Waals surface area (Å²) in [4.78, 5) is 27.0. The standard InChI is InChI=1S/C21H21NO4/c1-13(2)11-17(24)18-19(14-7-6-10-16(23)12-14)22(21(26)20(18)25)15-8-4-3-5-9-15/h3-10,12-13,19,23,25H,11H2,1-2H3. The lowest BCUT2D eigenvalue weighted by molar-refractivity contribution is -0.118. The number of anilines is 1. The number of nitrogens with zero attached hydrogens (tertiary/aromatic N) is 1. The van der Waals surface area contributed by atoms with Gasteiger partial charge in [-0.25, -0.2) is 0 Å². The molecule has 1 aliphatic heterocycles. The molecule has 5 nitrogen and oxygen atoms in total. The number of amides is 1. The molecule has 26 heavy (non-hydrogen) atoms. The molecule has 0 aromatic heterocycles. The summed E-state index contributed by atoms with van der Waals surface area (Å²) < 4.78 is 0. The molecule has 0 saturated heterocycles. The summed E-state index contributed by atoms with van der Waals surface area (Å²) in [5.74, 6) is -1.28. The summed E-state index contributed by atoms with van der Waals surface area (Å²) in [6, 6.07) is 14.5. The first-order chi connectivity index (χ1) is 12.4. The molecule has 0 aliphatic carbocycles. The summed E-state index contributed by atoms with van der Waals surface area (Å²) in [6.07, 6.45) is 0.227. The highest BCUT2D eigenvalue weighted by atomic mass is 16.3. The molecule has 1 amide bonds. The van der Waals surface area contributed by atoms with Crippen molar-refractivity contribution in [1.29, 1.82) is 0 Å². The van der Waals surface area contributed by atoms with Crippen LogP contribution in [0.1, 0.15) is 31.9 Å². The van der Waals surface area contributed by atoms with Crippen molar-refractivity contribution in [3.63, 3.8) is 0 Å². The van der Waals surface area contributed by atoms with Crippen LogP contribution in [-0.2, 0) is 9.59 Å². The summed E-state index contributed by atoms with van der Waals surface area (Å²) in [5.41, 5.74) is 1.22. The van der Waals surface area contributed by atoms with E-state index in [1.165, 1.54) is 17.0 Å². The first-order valence-corrected chi connectivity index (χ1v) is 8.54. The zero-order valence-corrected chi connectivity index (χ0v) is 14.7. The summed E-state index contributed by atoms with van der Waals surface area (Å²) in [5, 5.41) is 20.3. The maximum absolute atomic E-state index is 12.8. The van der Waals surface area contributed by atoms with E-state index in [0.29, 0.717) is 11.3 Å². The van der Waals surface area contributed by atoms with Crippen LogP contribution in [0.2, 0.25) is 0 Å². The normalized spacial score (nSPS) is 17.3. The number of phenols is 1.